The third-order valence-electron chi connectivity index (χ3n) is 2.76. The molecule has 1 fully saturated rings. The van der Waals surface area contributed by atoms with Gasteiger partial charge in [0.25, 0.3) is 5.92 Å². The molecule has 1 aliphatic carbocycles. The number of aliphatic hydroxyl groups is 1. The maximum absolute atomic E-state index is 12.8. The number of halogens is 2. The fraction of sp³-hybridized carbons (Fsp3) is 1.00. The van der Waals surface area contributed by atoms with Crippen LogP contribution in [-0.2, 0) is 9.47 Å². The van der Waals surface area contributed by atoms with E-state index in [1.165, 1.54) is 7.11 Å². The molecule has 0 amide bonds. The summed E-state index contributed by atoms with van der Waals surface area (Å²) in [5, 5.41) is 11.1. The van der Waals surface area contributed by atoms with Gasteiger partial charge >= 0.3 is 0 Å². The maximum atomic E-state index is 12.8. The highest BCUT2D eigenvalue weighted by atomic mass is 19.3. The zero-order chi connectivity index (χ0) is 12.2. The first-order valence-corrected chi connectivity index (χ1v) is 5.40. The topological polar surface area (TPSA) is 50.7 Å². The van der Waals surface area contributed by atoms with E-state index in [1.54, 1.807) is 0 Å². The van der Waals surface area contributed by atoms with E-state index in [0.29, 0.717) is 13.0 Å². The molecule has 3 unspecified atom stereocenters. The Hall–Kier alpha value is -0.300. The number of alkyl halides is 2. The number of aliphatic hydroxyl groups excluding tert-OH is 1. The predicted molar refractivity (Wildman–Crippen MR) is 54.7 cm³/mol. The Labute approximate surface area is 93.9 Å². The maximum Gasteiger partial charge on any atom is 0.282 e. The van der Waals surface area contributed by atoms with Crippen LogP contribution >= 0.6 is 0 Å². The van der Waals surface area contributed by atoms with Crippen molar-refractivity contribution < 1.29 is 23.4 Å². The summed E-state index contributed by atoms with van der Waals surface area (Å²) in [7, 11) is 1.54. The quantitative estimate of drug-likeness (QED) is 0.675. The highest BCUT2D eigenvalue weighted by Gasteiger charge is 2.43. The Morgan fingerprint density at radius 2 is 2.19 bits per heavy atom. The van der Waals surface area contributed by atoms with E-state index < -0.39 is 19.1 Å². The molecule has 0 spiro atoms. The van der Waals surface area contributed by atoms with Crippen LogP contribution in [0.2, 0.25) is 0 Å². The van der Waals surface area contributed by atoms with Crippen LogP contribution in [0.3, 0.4) is 0 Å². The highest BCUT2D eigenvalue weighted by Crippen LogP contribution is 2.27. The molecular weight excluding hydrogens is 220 g/mol. The molecule has 0 aromatic carbocycles. The van der Waals surface area contributed by atoms with Crippen LogP contribution in [0.1, 0.15) is 13.3 Å². The third-order valence-corrected chi connectivity index (χ3v) is 2.76. The second-order valence-corrected chi connectivity index (χ2v) is 3.93. The van der Waals surface area contributed by atoms with Crippen molar-refractivity contribution in [2.24, 2.45) is 0 Å². The number of hydrogen-bond donors (Lipinski definition) is 2. The summed E-state index contributed by atoms with van der Waals surface area (Å²) < 4.78 is 36.1. The lowest BCUT2D eigenvalue weighted by atomic mass is 9.85. The van der Waals surface area contributed by atoms with Crippen LogP contribution in [0.5, 0.6) is 0 Å². The van der Waals surface area contributed by atoms with E-state index in [-0.39, 0.29) is 18.2 Å². The van der Waals surface area contributed by atoms with Crippen molar-refractivity contribution in [2.75, 3.05) is 26.9 Å². The first-order valence-electron chi connectivity index (χ1n) is 5.40. The SMILES string of the molecule is CCOC1CC(NCC(F)(F)CO)C1OC. The van der Waals surface area contributed by atoms with Crippen LogP contribution in [-0.4, -0.2) is 56.1 Å². The monoisotopic (exact) mass is 239 g/mol. The van der Waals surface area contributed by atoms with Crippen molar-refractivity contribution in [3.05, 3.63) is 0 Å². The lowest BCUT2D eigenvalue weighted by Gasteiger charge is -2.43. The third kappa shape index (κ3) is 3.35. The van der Waals surface area contributed by atoms with E-state index in [2.05, 4.69) is 5.32 Å². The Balaban J connectivity index is 2.29. The van der Waals surface area contributed by atoms with Crippen molar-refractivity contribution in [3.63, 3.8) is 0 Å². The molecule has 96 valence electrons. The average molecular weight is 239 g/mol. The Morgan fingerprint density at radius 3 is 2.69 bits per heavy atom. The summed E-state index contributed by atoms with van der Waals surface area (Å²) >= 11 is 0. The van der Waals surface area contributed by atoms with Crippen molar-refractivity contribution in [1.82, 2.24) is 5.32 Å². The van der Waals surface area contributed by atoms with Crippen LogP contribution in [0.25, 0.3) is 0 Å². The Bertz CT molecular complexity index is 216. The van der Waals surface area contributed by atoms with Gasteiger partial charge in [0.15, 0.2) is 0 Å². The molecule has 0 saturated heterocycles. The van der Waals surface area contributed by atoms with Gasteiger partial charge in [0.2, 0.25) is 0 Å². The second-order valence-electron chi connectivity index (χ2n) is 3.93. The van der Waals surface area contributed by atoms with Gasteiger partial charge in [0, 0.05) is 19.8 Å². The molecule has 0 aromatic heterocycles. The summed E-state index contributed by atoms with van der Waals surface area (Å²) in [5.74, 6) is -3.07. The van der Waals surface area contributed by atoms with Crippen LogP contribution in [0, 0.1) is 0 Å². The molecule has 1 rings (SSSR count). The highest BCUT2D eigenvalue weighted by molar-refractivity contribution is 4.97. The van der Waals surface area contributed by atoms with Gasteiger partial charge in [-0.05, 0) is 13.3 Å². The molecule has 0 aromatic rings. The minimum Gasteiger partial charge on any atom is -0.390 e. The number of hydrogen-bond acceptors (Lipinski definition) is 4. The van der Waals surface area contributed by atoms with Gasteiger partial charge in [-0.25, -0.2) is 8.78 Å². The molecule has 0 aliphatic heterocycles. The molecule has 1 aliphatic rings. The number of rotatable bonds is 7. The normalized spacial score (nSPS) is 30.2. The molecule has 2 N–H and O–H groups in total. The molecular formula is C10H19F2NO3. The largest absolute Gasteiger partial charge is 0.390 e. The minimum absolute atomic E-state index is 0.0183. The van der Waals surface area contributed by atoms with Gasteiger partial charge in [-0.1, -0.05) is 0 Å². The molecule has 16 heavy (non-hydrogen) atoms. The van der Waals surface area contributed by atoms with Crippen molar-refractivity contribution in [1.29, 1.82) is 0 Å². The summed E-state index contributed by atoms with van der Waals surface area (Å²) in [6.07, 6.45) is 0.457. The first-order chi connectivity index (χ1) is 7.54. The van der Waals surface area contributed by atoms with E-state index in [9.17, 15) is 8.78 Å². The number of nitrogens with one attached hydrogen (secondary N) is 1. The van der Waals surface area contributed by atoms with Gasteiger partial charge in [-0.3, -0.25) is 0 Å². The molecule has 4 nitrogen and oxygen atoms in total. The Kier molecular flexibility index (Phi) is 5.04. The smallest absolute Gasteiger partial charge is 0.282 e. The second kappa shape index (κ2) is 5.86. The fourth-order valence-corrected chi connectivity index (χ4v) is 1.81. The van der Waals surface area contributed by atoms with Crippen molar-refractivity contribution >= 4 is 0 Å². The predicted octanol–water partition coefficient (Wildman–Crippen LogP) is 0.396. The molecule has 0 bridgehead atoms. The van der Waals surface area contributed by atoms with Gasteiger partial charge in [-0.15, -0.1) is 0 Å². The van der Waals surface area contributed by atoms with E-state index in [4.69, 9.17) is 14.6 Å². The van der Waals surface area contributed by atoms with Gasteiger partial charge < -0.3 is 19.9 Å². The van der Waals surface area contributed by atoms with Crippen LogP contribution < -0.4 is 5.32 Å². The standard InChI is InChI=1S/C10H19F2NO3/c1-3-16-8-4-7(9(8)15-2)13-5-10(11,12)6-14/h7-9,13-14H,3-6H2,1-2H3. The summed E-state index contributed by atoms with van der Waals surface area (Å²) in [5.41, 5.74) is 0. The molecule has 0 radical (unpaired) electrons. The lowest BCUT2D eigenvalue weighted by Crippen LogP contribution is -2.61. The summed E-state index contributed by atoms with van der Waals surface area (Å²) in [6.45, 7) is 0.795. The van der Waals surface area contributed by atoms with Crippen LogP contribution in [0.15, 0.2) is 0 Å². The lowest BCUT2D eigenvalue weighted by molar-refractivity contribution is -0.137. The average Bonchev–Trinajstić information content (AvgIpc) is 2.23. The molecule has 0 heterocycles. The zero-order valence-corrected chi connectivity index (χ0v) is 9.58. The van der Waals surface area contributed by atoms with E-state index >= 15 is 0 Å². The number of ether oxygens (including phenoxy) is 2. The zero-order valence-electron chi connectivity index (χ0n) is 9.58. The fourth-order valence-electron chi connectivity index (χ4n) is 1.81. The van der Waals surface area contributed by atoms with E-state index in [0.717, 1.165) is 0 Å². The van der Waals surface area contributed by atoms with Crippen molar-refractivity contribution in [2.45, 2.75) is 37.5 Å². The summed E-state index contributed by atoms with van der Waals surface area (Å²) in [6, 6.07) is -0.126. The van der Waals surface area contributed by atoms with Gasteiger partial charge in [-0.2, -0.15) is 0 Å². The first kappa shape index (κ1) is 13.8. The minimum atomic E-state index is -3.07. The molecule has 6 heteroatoms. The summed E-state index contributed by atoms with van der Waals surface area (Å²) in [4.78, 5) is 0. The van der Waals surface area contributed by atoms with Crippen LogP contribution in [0.4, 0.5) is 8.78 Å². The van der Waals surface area contributed by atoms with E-state index in [1.807, 2.05) is 6.92 Å². The number of methoxy groups -OCH3 is 1. The van der Waals surface area contributed by atoms with Gasteiger partial charge in [0.1, 0.15) is 6.61 Å². The molecule has 3 atom stereocenters. The Morgan fingerprint density at radius 1 is 1.50 bits per heavy atom. The van der Waals surface area contributed by atoms with Crippen molar-refractivity contribution in [3.8, 4) is 0 Å². The molecule has 1 saturated carbocycles. The van der Waals surface area contributed by atoms with Gasteiger partial charge in [0.05, 0.1) is 18.8 Å².